The molecule has 133 valence electrons. The number of carbonyl (C=O) groups is 2. The van der Waals surface area contributed by atoms with Gasteiger partial charge in [0.1, 0.15) is 0 Å². The van der Waals surface area contributed by atoms with Gasteiger partial charge >= 0.3 is 0 Å². The Hall–Kier alpha value is -2.60. The predicted molar refractivity (Wildman–Crippen MR) is 101 cm³/mol. The summed E-state index contributed by atoms with van der Waals surface area (Å²) in [5.41, 5.74) is 1.57. The minimum Gasteiger partial charge on any atom is -0.326 e. The van der Waals surface area contributed by atoms with Crippen molar-refractivity contribution in [3.8, 4) is 0 Å². The van der Waals surface area contributed by atoms with Gasteiger partial charge in [-0.3, -0.25) is 14.4 Å². The van der Waals surface area contributed by atoms with Crippen molar-refractivity contribution in [3.63, 3.8) is 0 Å². The highest BCUT2D eigenvalue weighted by molar-refractivity contribution is 8.02. The minimum atomic E-state index is -1.35. The average Bonchev–Trinajstić information content (AvgIpc) is 2.66. The summed E-state index contributed by atoms with van der Waals surface area (Å²) in [4.78, 5) is 39.5. The summed E-state index contributed by atoms with van der Waals surface area (Å²) in [5, 5.41) is 2.80. The zero-order valence-electron chi connectivity index (χ0n) is 14.6. The number of amides is 2. The molecule has 0 spiro atoms. The first kappa shape index (κ1) is 18.2. The van der Waals surface area contributed by atoms with E-state index in [1.807, 2.05) is 54.8 Å². The molecule has 1 heterocycles. The van der Waals surface area contributed by atoms with E-state index in [1.54, 1.807) is 19.9 Å². The number of fused-ring (bicyclic) bond motifs is 1. The molecule has 0 saturated carbocycles. The molecule has 1 radical (unpaired) electrons. The summed E-state index contributed by atoms with van der Waals surface area (Å²) in [6.45, 7) is 3.44. The number of nitrogens with zero attached hydrogens (tertiary/aromatic N) is 1. The van der Waals surface area contributed by atoms with Crippen LogP contribution in [0.5, 0.6) is 0 Å². The summed E-state index contributed by atoms with van der Waals surface area (Å²) in [7, 11) is 0. The van der Waals surface area contributed by atoms with Crippen molar-refractivity contribution in [1.29, 1.82) is 0 Å². The first-order valence-corrected chi connectivity index (χ1v) is 9.09. The molecule has 1 unspecified atom stereocenters. The van der Waals surface area contributed by atoms with E-state index in [0.29, 0.717) is 5.69 Å². The molecule has 6 heteroatoms. The lowest BCUT2D eigenvalue weighted by Gasteiger charge is -2.37. The lowest BCUT2D eigenvalue weighted by molar-refractivity contribution is -0.138. The Bertz CT molecular complexity index is 840. The maximum Gasteiger partial charge on any atom is 0.250 e. The molecule has 0 fully saturated rings. The van der Waals surface area contributed by atoms with Crippen molar-refractivity contribution in [1.82, 2.24) is 4.90 Å². The van der Waals surface area contributed by atoms with E-state index in [2.05, 4.69) is 5.32 Å². The van der Waals surface area contributed by atoms with Crippen LogP contribution in [0.3, 0.4) is 0 Å². The summed E-state index contributed by atoms with van der Waals surface area (Å²) >= 11 is 1.21. The van der Waals surface area contributed by atoms with E-state index in [1.165, 1.54) is 16.7 Å². The summed E-state index contributed by atoms with van der Waals surface area (Å²) in [6, 6.07) is 16.0. The van der Waals surface area contributed by atoms with Crippen molar-refractivity contribution in [2.24, 2.45) is 0 Å². The monoisotopic (exact) mass is 367 g/mol. The van der Waals surface area contributed by atoms with Gasteiger partial charge in [-0.2, -0.15) is 0 Å². The molecule has 3 rings (SSSR count). The second-order valence-corrected chi connectivity index (χ2v) is 7.76. The van der Waals surface area contributed by atoms with E-state index in [0.717, 1.165) is 10.5 Å². The maximum atomic E-state index is 13.3. The zero-order chi connectivity index (χ0) is 18.7. The lowest BCUT2D eigenvalue weighted by Crippen LogP contribution is -2.55. The number of hydrogen-bond acceptors (Lipinski definition) is 4. The van der Waals surface area contributed by atoms with Crippen molar-refractivity contribution in [2.75, 3.05) is 5.32 Å². The molecule has 1 aliphatic rings. The van der Waals surface area contributed by atoms with Gasteiger partial charge in [-0.1, -0.05) is 54.2 Å². The molecule has 1 N–H and O–H groups in total. The Balaban J connectivity index is 1.93. The number of carbonyl (C=O) groups excluding carboxylic acids is 3. The first-order chi connectivity index (χ1) is 12.5. The van der Waals surface area contributed by atoms with Crippen LogP contribution >= 0.6 is 11.8 Å². The van der Waals surface area contributed by atoms with Gasteiger partial charge in [0.25, 0.3) is 0 Å². The Labute approximate surface area is 156 Å². The summed E-state index contributed by atoms with van der Waals surface area (Å²) < 4.78 is -1.35. The molecule has 0 saturated heterocycles. The highest BCUT2D eigenvalue weighted by atomic mass is 32.2. The third kappa shape index (κ3) is 3.37. The highest BCUT2D eigenvalue weighted by Crippen LogP contribution is 2.43. The highest BCUT2D eigenvalue weighted by Gasteiger charge is 2.48. The molecule has 2 aromatic rings. The average molecular weight is 367 g/mol. The van der Waals surface area contributed by atoms with Gasteiger partial charge in [0.2, 0.25) is 18.1 Å². The molecule has 1 aliphatic heterocycles. The van der Waals surface area contributed by atoms with Gasteiger partial charge in [-0.15, -0.1) is 0 Å². The van der Waals surface area contributed by atoms with Crippen molar-refractivity contribution >= 4 is 35.5 Å². The lowest BCUT2D eigenvalue weighted by atomic mass is 10.1. The van der Waals surface area contributed by atoms with Crippen LogP contribution in [-0.4, -0.2) is 33.8 Å². The number of thioether (sulfide) groups is 1. The second-order valence-electron chi connectivity index (χ2n) is 6.30. The van der Waals surface area contributed by atoms with E-state index >= 15 is 0 Å². The van der Waals surface area contributed by atoms with Crippen LogP contribution in [0, 0.1) is 0 Å². The Kier molecular flexibility index (Phi) is 5.13. The summed E-state index contributed by atoms with van der Waals surface area (Å²) in [5.74, 6) is -0.795. The minimum absolute atomic E-state index is 0.237. The second kappa shape index (κ2) is 7.33. The molecule has 0 aliphatic carbocycles. The first-order valence-electron chi connectivity index (χ1n) is 8.28. The fraction of sp³-hybridized carbons (Fsp3) is 0.250. The van der Waals surface area contributed by atoms with Crippen LogP contribution in [0.4, 0.5) is 5.69 Å². The largest absolute Gasteiger partial charge is 0.326 e. The van der Waals surface area contributed by atoms with Crippen molar-refractivity contribution in [2.45, 2.75) is 36.1 Å². The molecule has 2 atom stereocenters. The molecule has 0 bridgehead atoms. The Morgan fingerprint density at radius 2 is 1.85 bits per heavy atom. The molecule has 0 aromatic heterocycles. The molecule has 26 heavy (non-hydrogen) atoms. The van der Waals surface area contributed by atoms with Gasteiger partial charge in [-0.25, -0.2) is 0 Å². The van der Waals surface area contributed by atoms with Gasteiger partial charge in [0.15, 0.2) is 4.75 Å². The fourth-order valence-electron chi connectivity index (χ4n) is 2.81. The van der Waals surface area contributed by atoms with E-state index in [-0.39, 0.29) is 12.5 Å². The maximum absolute atomic E-state index is 13.3. The van der Waals surface area contributed by atoms with E-state index in [4.69, 9.17) is 0 Å². The van der Waals surface area contributed by atoms with Crippen molar-refractivity contribution < 1.29 is 14.4 Å². The molecular weight excluding hydrogens is 348 g/mol. The molecular formula is C20H19N2O3S. The standard InChI is InChI=1S/C20H19N2O3S/c1-14(13-23)22(12-15-8-4-3-5-9-15)19(25)20(2)18(24)21-16-10-6-7-11-17(16)26-20/h3-11,14H,12H2,1-2H3,(H,21,24)/t14-,20?/m0/s1. The van der Waals surface area contributed by atoms with E-state index < -0.39 is 16.7 Å². The van der Waals surface area contributed by atoms with Crippen LogP contribution in [0.15, 0.2) is 59.5 Å². The van der Waals surface area contributed by atoms with Crippen LogP contribution in [-0.2, 0) is 20.9 Å². The van der Waals surface area contributed by atoms with Crippen LogP contribution < -0.4 is 5.32 Å². The number of nitrogens with one attached hydrogen (secondary N) is 1. The van der Waals surface area contributed by atoms with Crippen LogP contribution in [0.2, 0.25) is 0 Å². The topological polar surface area (TPSA) is 66.5 Å². The normalized spacial score (nSPS) is 19.8. The number of anilines is 1. The fourth-order valence-corrected chi connectivity index (χ4v) is 3.97. The Morgan fingerprint density at radius 3 is 2.54 bits per heavy atom. The molecule has 2 amide bonds. The third-order valence-electron chi connectivity index (χ3n) is 4.39. The predicted octanol–water partition coefficient (Wildman–Crippen LogP) is 3.02. The van der Waals surface area contributed by atoms with Gasteiger partial charge in [-0.05, 0) is 31.5 Å². The zero-order valence-corrected chi connectivity index (χ0v) is 15.4. The number of benzene rings is 2. The van der Waals surface area contributed by atoms with Crippen LogP contribution in [0.1, 0.15) is 19.4 Å². The molecule has 5 nitrogen and oxygen atoms in total. The summed E-state index contributed by atoms with van der Waals surface area (Å²) in [6.07, 6.45) is 1.87. The Morgan fingerprint density at radius 1 is 1.19 bits per heavy atom. The number of para-hydroxylation sites is 1. The number of hydrogen-bond donors (Lipinski definition) is 1. The number of rotatable bonds is 5. The van der Waals surface area contributed by atoms with Gasteiger partial charge in [0, 0.05) is 11.4 Å². The van der Waals surface area contributed by atoms with Crippen molar-refractivity contribution in [3.05, 3.63) is 60.2 Å². The molecule has 2 aromatic carbocycles. The third-order valence-corrected chi connectivity index (χ3v) is 5.73. The quantitative estimate of drug-likeness (QED) is 0.825. The smallest absolute Gasteiger partial charge is 0.250 e. The van der Waals surface area contributed by atoms with Gasteiger partial charge in [0.05, 0.1) is 11.7 Å². The van der Waals surface area contributed by atoms with E-state index in [9.17, 15) is 14.4 Å². The SMILES string of the molecule is C[C@@H]([C]=O)N(Cc1ccccc1)C(=O)C1(C)Sc2ccccc2NC1=O. The van der Waals surface area contributed by atoms with Crippen LogP contribution in [0.25, 0.3) is 0 Å². The van der Waals surface area contributed by atoms with Gasteiger partial charge < -0.3 is 10.2 Å².